The van der Waals surface area contributed by atoms with Crippen LogP contribution in [0.15, 0.2) is 76.7 Å². The predicted molar refractivity (Wildman–Crippen MR) is 147 cm³/mol. The van der Waals surface area contributed by atoms with Gasteiger partial charge in [-0.15, -0.1) is 0 Å². The predicted octanol–water partition coefficient (Wildman–Crippen LogP) is 6.16. The molecule has 0 atom stereocenters. The summed E-state index contributed by atoms with van der Waals surface area (Å²) >= 11 is 0. The zero-order valence-electron chi connectivity index (χ0n) is 23.7. The minimum atomic E-state index is -4.69. The van der Waals surface area contributed by atoms with Gasteiger partial charge < -0.3 is 10.4 Å². The number of hydrogen-bond acceptors (Lipinski definition) is 7. The number of hydrogen-bond donors (Lipinski definition) is 2. The number of carboxylic acids is 1. The summed E-state index contributed by atoms with van der Waals surface area (Å²) < 4.78 is 159. The van der Waals surface area contributed by atoms with E-state index < -0.39 is 91.9 Å². The number of sulfone groups is 2. The van der Waals surface area contributed by atoms with E-state index in [-0.39, 0.29) is 25.7 Å². The molecule has 2 aliphatic carbocycles. The summed E-state index contributed by atoms with van der Waals surface area (Å²) in [4.78, 5) is 26.2. The number of alkyl halides is 9. The molecule has 2 aromatic carbocycles. The number of benzene rings is 2. The Morgan fingerprint density at radius 2 is 1.00 bits per heavy atom. The van der Waals surface area contributed by atoms with Crippen molar-refractivity contribution in [3.05, 3.63) is 83.6 Å². The monoisotopic (exact) mass is 732 g/mol. The third-order valence-corrected chi connectivity index (χ3v) is 12.6. The molecule has 260 valence electrons. The van der Waals surface area contributed by atoms with Crippen LogP contribution in [0.5, 0.6) is 0 Å². The van der Waals surface area contributed by atoms with Gasteiger partial charge in [0.25, 0.3) is 0 Å². The molecule has 0 unspecified atom stereocenters. The molecule has 48 heavy (non-hydrogen) atoms. The molecular formula is C28H21F9N2O7S2. The normalized spacial score (nSPS) is 17.0. The number of carbonyl (C=O) groups excluding carboxylic acids is 1. The first kappa shape index (κ1) is 36.6. The van der Waals surface area contributed by atoms with Crippen LogP contribution in [0.3, 0.4) is 0 Å². The highest BCUT2D eigenvalue weighted by Crippen LogP contribution is 2.49. The average Bonchev–Trinajstić information content (AvgIpc) is 3.90. The van der Waals surface area contributed by atoms with Crippen LogP contribution >= 0.6 is 0 Å². The first-order valence-electron chi connectivity index (χ1n) is 13.3. The van der Waals surface area contributed by atoms with Crippen molar-refractivity contribution < 1.29 is 71.0 Å². The van der Waals surface area contributed by atoms with Crippen LogP contribution in [0.25, 0.3) is 0 Å². The lowest BCUT2D eigenvalue weighted by Gasteiger charge is -2.17. The molecule has 20 heteroatoms. The molecule has 2 saturated carbocycles. The van der Waals surface area contributed by atoms with Gasteiger partial charge >= 0.3 is 24.5 Å². The van der Waals surface area contributed by atoms with E-state index in [1.165, 1.54) is 0 Å². The minimum absolute atomic E-state index is 0.0221. The van der Waals surface area contributed by atoms with Gasteiger partial charge in [0.15, 0.2) is 29.2 Å². The molecule has 0 spiro atoms. The Morgan fingerprint density at radius 1 is 0.625 bits per heavy atom. The van der Waals surface area contributed by atoms with Gasteiger partial charge in [-0.05, 0) is 86.3 Å². The van der Waals surface area contributed by atoms with Gasteiger partial charge in [0.1, 0.15) is 5.82 Å². The Hall–Kier alpha value is -4.20. The van der Waals surface area contributed by atoms with Gasteiger partial charge in [0.2, 0.25) is 5.91 Å². The molecule has 0 radical (unpaired) electrons. The maximum absolute atomic E-state index is 12.8. The molecule has 2 aliphatic rings. The molecule has 3 aromatic rings. The van der Waals surface area contributed by atoms with Crippen molar-refractivity contribution >= 4 is 37.4 Å². The van der Waals surface area contributed by atoms with Crippen molar-refractivity contribution in [1.29, 1.82) is 0 Å². The van der Waals surface area contributed by atoms with Crippen LogP contribution in [0.2, 0.25) is 0 Å². The summed E-state index contributed by atoms with van der Waals surface area (Å²) in [7, 11) is -8.53. The fourth-order valence-corrected chi connectivity index (χ4v) is 8.14. The maximum Gasteiger partial charge on any atom is 0.416 e. The maximum atomic E-state index is 12.8. The summed E-state index contributed by atoms with van der Waals surface area (Å²) in [5.74, 6) is -3.05. The van der Waals surface area contributed by atoms with E-state index in [9.17, 15) is 65.9 Å². The first-order chi connectivity index (χ1) is 21.9. The van der Waals surface area contributed by atoms with Gasteiger partial charge in [0, 0.05) is 6.20 Å². The van der Waals surface area contributed by atoms with Gasteiger partial charge in [-0.25, -0.2) is 21.8 Å². The highest BCUT2D eigenvalue weighted by Gasteiger charge is 2.62. The number of halogens is 9. The second-order valence-corrected chi connectivity index (χ2v) is 15.2. The Balaban J connectivity index is 0.000000237. The zero-order chi connectivity index (χ0) is 36.1. The van der Waals surface area contributed by atoms with E-state index in [0.717, 1.165) is 30.5 Å². The summed E-state index contributed by atoms with van der Waals surface area (Å²) in [6.45, 7) is 0. The third kappa shape index (κ3) is 6.99. The standard InChI is InChI=1S/C17H12F6N2O3S.C11H9F3O4S/c18-16(19,20)10-1-3-12(4-2-10)29(27,28)15(6-7-15)14(26)25-13-9-11(5-8-24-13)17(21,22)23;12-11(13,14)7-1-3-8(4-2-7)19(17,18)10(5-6-10)9(15)16/h1-5,8-9H,6-7H2,(H,24,25,26);1-4H,5-6H2,(H,15,16). The van der Waals surface area contributed by atoms with Crippen LogP contribution < -0.4 is 5.32 Å². The van der Waals surface area contributed by atoms with Gasteiger partial charge in [-0.2, -0.15) is 39.5 Å². The Kier molecular flexibility index (Phi) is 9.19. The van der Waals surface area contributed by atoms with Gasteiger partial charge in [0.05, 0.1) is 26.5 Å². The van der Waals surface area contributed by atoms with Crippen LogP contribution in [0.1, 0.15) is 42.4 Å². The molecule has 0 bridgehead atoms. The van der Waals surface area contributed by atoms with E-state index >= 15 is 0 Å². The molecule has 1 amide bonds. The molecule has 2 N–H and O–H groups in total. The lowest BCUT2D eigenvalue weighted by molar-refractivity contribution is -0.138. The lowest BCUT2D eigenvalue weighted by atomic mass is 10.2. The van der Waals surface area contributed by atoms with Crippen molar-refractivity contribution in [2.45, 2.75) is 63.5 Å². The number of nitrogens with one attached hydrogen (secondary N) is 1. The van der Waals surface area contributed by atoms with E-state index in [1.807, 2.05) is 0 Å². The zero-order valence-corrected chi connectivity index (χ0v) is 25.4. The molecule has 1 heterocycles. The van der Waals surface area contributed by atoms with Crippen molar-refractivity contribution in [3.8, 4) is 0 Å². The van der Waals surface area contributed by atoms with Crippen molar-refractivity contribution in [2.24, 2.45) is 0 Å². The Morgan fingerprint density at radius 3 is 1.33 bits per heavy atom. The average molecular weight is 733 g/mol. The van der Waals surface area contributed by atoms with E-state index in [1.54, 1.807) is 0 Å². The number of nitrogens with zero attached hydrogens (tertiary/aromatic N) is 1. The number of anilines is 1. The Bertz CT molecular complexity index is 1930. The highest BCUT2D eigenvalue weighted by atomic mass is 32.2. The number of amides is 1. The molecule has 1 aromatic heterocycles. The molecular weight excluding hydrogens is 711 g/mol. The fraction of sp³-hybridized carbons (Fsp3) is 0.321. The minimum Gasteiger partial charge on any atom is -0.480 e. The van der Waals surface area contributed by atoms with E-state index in [4.69, 9.17) is 5.11 Å². The van der Waals surface area contributed by atoms with Crippen LogP contribution in [-0.4, -0.2) is 48.3 Å². The second-order valence-electron chi connectivity index (χ2n) is 10.7. The van der Waals surface area contributed by atoms with Crippen LogP contribution in [0.4, 0.5) is 45.3 Å². The third-order valence-electron chi connectivity index (χ3n) is 7.55. The number of rotatable bonds is 7. The molecule has 5 rings (SSSR count). The van der Waals surface area contributed by atoms with E-state index in [0.29, 0.717) is 36.4 Å². The van der Waals surface area contributed by atoms with Crippen molar-refractivity contribution in [1.82, 2.24) is 4.98 Å². The quantitative estimate of drug-likeness (QED) is 0.275. The smallest absolute Gasteiger partial charge is 0.416 e. The van der Waals surface area contributed by atoms with Crippen molar-refractivity contribution in [3.63, 3.8) is 0 Å². The number of aliphatic carboxylic acids is 1. The number of carbonyl (C=O) groups is 2. The SMILES string of the molecule is O=C(Nc1cc(C(F)(F)F)ccn1)C1(S(=O)(=O)c2ccc(C(F)(F)F)cc2)CC1.O=C(O)C1(S(=O)(=O)c2ccc(C(F)(F)F)cc2)CC1. The van der Waals surface area contributed by atoms with E-state index in [2.05, 4.69) is 10.3 Å². The molecule has 9 nitrogen and oxygen atoms in total. The Labute approximate surface area is 265 Å². The van der Waals surface area contributed by atoms with Gasteiger partial charge in [-0.3, -0.25) is 9.59 Å². The fourth-order valence-electron chi connectivity index (χ4n) is 4.45. The second kappa shape index (κ2) is 12.0. The van der Waals surface area contributed by atoms with Gasteiger partial charge in [-0.1, -0.05) is 0 Å². The number of pyridine rings is 1. The molecule has 0 saturated heterocycles. The molecule has 2 fully saturated rings. The van der Waals surface area contributed by atoms with Crippen LogP contribution in [0, 0.1) is 0 Å². The molecule has 0 aliphatic heterocycles. The van der Waals surface area contributed by atoms with Crippen LogP contribution in [-0.2, 0) is 47.8 Å². The highest BCUT2D eigenvalue weighted by molar-refractivity contribution is 7.94. The number of carboxylic acid groups (broad SMARTS) is 1. The summed E-state index contributed by atoms with van der Waals surface area (Å²) in [5.41, 5.74) is -3.12. The number of aromatic nitrogens is 1. The summed E-state index contributed by atoms with van der Waals surface area (Å²) in [6, 6.07) is 6.73. The summed E-state index contributed by atoms with van der Waals surface area (Å²) in [5, 5.41) is 11.0. The topological polar surface area (TPSA) is 148 Å². The lowest BCUT2D eigenvalue weighted by Crippen LogP contribution is -2.37. The largest absolute Gasteiger partial charge is 0.480 e. The first-order valence-corrected chi connectivity index (χ1v) is 16.3. The van der Waals surface area contributed by atoms with Crippen molar-refractivity contribution in [2.75, 3.05) is 5.32 Å². The summed E-state index contributed by atoms with van der Waals surface area (Å²) in [6.07, 6.45) is -13.4.